The quantitative estimate of drug-likeness (QED) is 0.185. The van der Waals surface area contributed by atoms with Crippen LogP contribution in [0.2, 0.25) is 5.02 Å². The molecule has 0 saturated carbocycles. The first kappa shape index (κ1) is 34.5. The second-order valence-corrected chi connectivity index (χ2v) is 13.4. The Labute approximate surface area is 274 Å². The Bertz CT molecular complexity index is 1770. The molecule has 4 aromatic rings. The predicted molar refractivity (Wildman–Crippen MR) is 178 cm³/mol. The van der Waals surface area contributed by atoms with E-state index >= 15 is 4.39 Å². The molecule has 8 nitrogen and oxygen atoms in total. The largest absolute Gasteiger partial charge is 0.495 e. The summed E-state index contributed by atoms with van der Waals surface area (Å²) in [6.07, 6.45) is 0.110. The topological polar surface area (TPSA) is 96.0 Å². The van der Waals surface area contributed by atoms with Crippen LogP contribution in [-0.2, 0) is 32.6 Å². The molecule has 1 N–H and O–H groups in total. The fraction of sp³-hybridized carbons (Fsp3) is 0.257. The molecule has 1 atom stereocenters. The smallest absolute Gasteiger partial charge is 0.264 e. The number of carbonyl (C=O) groups is 2. The lowest BCUT2D eigenvalue weighted by molar-refractivity contribution is -0.140. The average molecular weight is 666 g/mol. The maximum absolute atomic E-state index is 15.0. The summed E-state index contributed by atoms with van der Waals surface area (Å²) in [5.41, 5.74) is 1.90. The van der Waals surface area contributed by atoms with Crippen molar-refractivity contribution >= 4 is 39.1 Å². The van der Waals surface area contributed by atoms with Crippen LogP contribution in [0.1, 0.15) is 30.5 Å². The van der Waals surface area contributed by atoms with Gasteiger partial charge < -0.3 is 15.0 Å². The first-order valence-electron chi connectivity index (χ1n) is 14.7. The maximum atomic E-state index is 15.0. The SMILES string of the molecule is COc1ccc(N(CC(=O)N(Cc2ccccc2F)[C@@H](Cc2ccccc2)C(=O)NC(C)C)S(=O)(=O)c2ccc(C)cc2)cc1Cl. The third-order valence-corrected chi connectivity index (χ3v) is 9.40. The zero-order valence-electron chi connectivity index (χ0n) is 26.1. The van der Waals surface area contributed by atoms with Gasteiger partial charge in [0, 0.05) is 24.6 Å². The molecule has 0 unspecified atom stereocenters. The molecule has 0 bridgehead atoms. The second kappa shape index (κ2) is 15.2. The molecule has 0 heterocycles. The molecule has 0 radical (unpaired) electrons. The van der Waals surface area contributed by atoms with Gasteiger partial charge in [0.15, 0.2) is 0 Å². The number of nitrogens with zero attached hydrogens (tertiary/aromatic N) is 2. The van der Waals surface area contributed by atoms with Crippen molar-refractivity contribution < 1.29 is 27.1 Å². The molecule has 46 heavy (non-hydrogen) atoms. The van der Waals surface area contributed by atoms with Crippen molar-refractivity contribution in [1.29, 1.82) is 0 Å². The average Bonchev–Trinajstić information content (AvgIpc) is 3.02. The lowest BCUT2D eigenvalue weighted by Gasteiger charge is -2.34. The van der Waals surface area contributed by atoms with E-state index in [2.05, 4.69) is 5.32 Å². The summed E-state index contributed by atoms with van der Waals surface area (Å²) in [6.45, 7) is 4.44. The summed E-state index contributed by atoms with van der Waals surface area (Å²) < 4.78 is 49.5. The van der Waals surface area contributed by atoms with Gasteiger partial charge in [0.2, 0.25) is 11.8 Å². The monoisotopic (exact) mass is 665 g/mol. The zero-order chi connectivity index (χ0) is 33.4. The van der Waals surface area contributed by atoms with Crippen LogP contribution < -0.4 is 14.4 Å². The van der Waals surface area contributed by atoms with Crippen LogP contribution in [0.4, 0.5) is 10.1 Å². The highest BCUT2D eigenvalue weighted by molar-refractivity contribution is 7.92. The van der Waals surface area contributed by atoms with E-state index in [9.17, 15) is 18.0 Å². The van der Waals surface area contributed by atoms with Gasteiger partial charge in [0.05, 0.1) is 22.7 Å². The third-order valence-electron chi connectivity index (χ3n) is 7.31. The van der Waals surface area contributed by atoms with E-state index < -0.39 is 40.2 Å². The number of ether oxygens (including phenoxy) is 1. The van der Waals surface area contributed by atoms with Crippen LogP contribution >= 0.6 is 11.6 Å². The molecule has 4 aromatic carbocycles. The van der Waals surface area contributed by atoms with Crippen molar-refractivity contribution in [3.8, 4) is 5.75 Å². The van der Waals surface area contributed by atoms with Crippen LogP contribution in [0.15, 0.2) is 102 Å². The standard InChI is InChI=1S/C35H37ClFN3O5S/c1-24(2)38-35(42)32(20-26-10-6-5-7-11-26)39(22-27-12-8-9-13-31(27)37)34(41)23-40(28-16-19-33(45-4)30(36)21-28)46(43,44)29-17-14-25(3)15-18-29/h5-19,21,24,32H,20,22-23H2,1-4H3,(H,38,42)/t32-/m0/s1. The number of benzene rings is 4. The number of nitrogens with one attached hydrogen (secondary N) is 1. The van der Waals surface area contributed by atoms with E-state index in [1.165, 1.54) is 60.5 Å². The molecule has 242 valence electrons. The van der Waals surface area contributed by atoms with Gasteiger partial charge >= 0.3 is 0 Å². The Morgan fingerprint density at radius 1 is 0.935 bits per heavy atom. The van der Waals surface area contributed by atoms with E-state index in [-0.39, 0.29) is 40.2 Å². The minimum atomic E-state index is -4.33. The first-order valence-corrected chi connectivity index (χ1v) is 16.5. The molecule has 2 amide bonds. The molecule has 0 aromatic heterocycles. The fourth-order valence-electron chi connectivity index (χ4n) is 4.92. The van der Waals surface area contributed by atoms with E-state index in [0.717, 1.165) is 15.4 Å². The number of halogens is 2. The normalized spacial score (nSPS) is 12.0. The summed E-state index contributed by atoms with van der Waals surface area (Å²) in [5, 5.41) is 3.01. The van der Waals surface area contributed by atoms with Gasteiger partial charge in [-0.05, 0) is 62.7 Å². The van der Waals surface area contributed by atoms with Crippen LogP contribution in [0.3, 0.4) is 0 Å². The van der Waals surface area contributed by atoms with Gasteiger partial charge in [0.25, 0.3) is 10.0 Å². The number of hydrogen-bond donors (Lipinski definition) is 1. The molecule has 0 aliphatic rings. The number of amides is 2. The number of sulfonamides is 1. The van der Waals surface area contributed by atoms with Gasteiger partial charge in [-0.25, -0.2) is 12.8 Å². The Kier molecular flexibility index (Phi) is 11.4. The highest BCUT2D eigenvalue weighted by Crippen LogP contribution is 2.32. The summed E-state index contributed by atoms with van der Waals surface area (Å²) in [5.74, 6) is -1.41. The number of methoxy groups -OCH3 is 1. The van der Waals surface area contributed by atoms with Crippen molar-refractivity contribution in [1.82, 2.24) is 10.2 Å². The van der Waals surface area contributed by atoms with Crippen molar-refractivity contribution in [2.24, 2.45) is 0 Å². The number of rotatable bonds is 13. The van der Waals surface area contributed by atoms with Crippen LogP contribution in [0.5, 0.6) is 5.75 Å². The Hall–Kier alpha value is -4.41. The van der Waals surface area contributed by atoms with E-state index in [4.69, 9.17) is 16.3 Å². The second-order valence-electron chi connectivity index (χ2n) is 11.1. The highest BCUT2D eigenvalue weighted by Gasteiger charge is 2.35. The Morgan fingerprint density at radius 3 is 2.20 bits per heavy atom. The number of anilines is 1. The molecule has 11 heteroatoms. The van der Waals surface area contributed by atoms with Gasteiger partial charge in [-0.1, -0.05) is 77.8 Å². The lowest BCUT2D eigenvalue weighted by atomic mass is 10.0. The molecule has 4 rings (SSSR count). The van der Waals surface area contributed by atoms with E-state index in [1.807, 2.05) is 37.3 Å². The lowest BCUT2D eigenvalue weighted by Crippen LogP contribution is -2.54. The zero-order valence-corrected chi connectivity index (χ0v) is 27.7. The van der Waals surface area contributed by atoms with Gasteiger partial charge in [-0.2, -0.15) is 0 Å². The van der Waals surface area contributed by atoms with Crippen molar-refractivity contribution in [2.75, 3.05) is 18.0 Å². The summed E-state index contributed by atoms with van der Waals surface area (Å²) in [6, 6.07) is 24.4. The molecular weight excluding hydrogens is 629 g/mol. The van der Waals surface area contributed by atoms with Crippen molar-refractivity contribution in [3.05, 3.63) is 125 Å². The predicted octanol–water partition coefficient (Wildman–Crippen LogP) is 6.16. The van der Waals surface area contributed by atoms with Crippen molar-refractivity contribution in [3.63, 3.8) is 0 Å². The third kappa shape index (κ3) is 8.44. The van der Waals surface area contributed by atoms with E-state index in [0.29, 0.717) is 5.75 Å². The highest BCUT2D eigenvalue weighted by atomic mass is 35.5. The van der Waals surface area contributed by atoms with Gasteiger partial charge in [-0.3, -0.25) is 13.9 Å². The fourth-order valence-corrected chi connectivity index (χ4v) is 6.58. The summed E-state index contributed by atoms with van der Waals surface area (Å²) in [4.78, 5) is 29.4. The van der Waals surface area contributed by atoms with Gasteiger partial charge in [-0.15, -0.1) is 0 Å². The van der Waals surface area contributed by atoms with Crippen LogP contribution in [0, 0.1) is 12.7 Å². The van der Waals surface area contributed by atoms with Gasteiger partial charge in [0.1, 0.15) is 24.2 Å². The van der Waals surface area contributed by atoms with Crippen molar-refractivity contribution in [2.45, 2.75) is 50.7 Å². The number of aryl methyl sites for hydroxylation is 1. The summed E-state index contributed by atoms with van der Waals surface area (Å²) >= 11 is 6.41. The van der Waals surface area contributed by atoms with Crippen LogP contribution in [-0.4, -0.2) is 50.9 Å². The van der Waals surface area contributed by atoms with E-state index in [1.54, 1.807) is 32.0 Å². The summed E-state index contributed by atoms with van der Waals surface area (Å²) in [7, 11) is -2.90. The van der Waals surface area contributed by atoms with Crippen LogP contribution in [0.25, 0.3) is 0 Å². The minimum absolute atomic E-state index is 0.0446. The Morgan fingerprint density at radius 2 is 1.59 bits per heavy atom. The molecular formula is C35H37ClFN3O5S. The minimum Gasteiger partial charge on any atom is -0.495 e. The first-order chi connectivity index (χ1) is 21.9. The molecule has 0 spiro atoms. The molecule has 0 fully saturated rings. The number of carbonyl (C=O) groups excluding carboxylic acids is 2. The molecule has 0 saturated heterocycles. The Balaban J connectivity index is 1.84. The number of hydrogen-bond acceptors (Lipinski definition) is 5. The molecule has 0 aliphatic carbocycles. The molecule has 0 aliphatic heterocycles. The maximum Gasteiger partial charge on any atom is 0.264 e.